The zero-order valence-corrected chi connectivity index (χ0v) is 10.8. The second kappa shape index (κ2) is 6.59. The van der Waals surface area contributed by atoms with E-state index >= 15 is 0 Å². The van der Waals surface area contributed by atoms with Gasteiger partial charge in [0.25, 0.3) is 0 Å². The smallest absolute Gasteiger partial charge is 0.324 e. The van der Waals surface area contributed by atoms with Gasteiger partial charge >= 0.3 is 11.9 Å². The minimum absolute atomic E-state index is 0.221. The molecule has 0 N–H and O–H groups in total. The van der Waals surface area contributed by atoms with Crippen LogP contribution in [0.15, 0.2) is 0 Å². The first-order valence-electron chi connectivity index (χ1n) is 6.15. The molecule has 1 unspecified atom stereocenters. The molecule has 17 heavy (non-hydrogen) atoms. The molecule has 1 aliphatic rings. The highest BCUT2D eigenvalue weighted by molar-refractivity contribution is 5.82. The molecule has 0 aliphatic carbocycles. The Labute approximate surface area is 102 Å². The van der Waals surface area contributed by atoms with Crippen molar-refractivity contribution in [1.82, 2.24) is 4.90 Å². The average molecular weight is 243 g/mol. The second-order valence-electron chi connectivity index (χ2n) is 4.18. The van der Waals surface area contributed by atoms with Crippen molar-refractivity contribution in [2.75, 3.05) is 20.3 Å². The fourth-order valence-electron chi connectivity index (χ4n) is 1.79. The molecule has 0 radical (unpaired) electrons. The Kier molecular flexibility index (Phi) is 5.41. The molecule has 0 aromatic heterocycles. The SMILES string of the molecule is CCCCOC(=O)[C@H]1CN1[C@@H](CC)C(=O)OC. The molecule has 1 aliphatic heterocycles. The van der Waals surface area contributed by atoms with Gasteiger partial charge in [0.05, 0.1) is 13.7 Å². The molecule has 1 saturated heterocycles. The Morgan fingerprint density at radius 3 is 2.65 bits per heavy atom. The number of hydrogen-bond acceptors (Lipinski definition) is 5. The number of esters is 2. The van der Waals surface area contributed by atoms with Crippen LogP contribution in [0.3, 0.4) is 0 Å². The standard InChI is InChI=1S/C12H21NO4/c1-4-6-7-17-12(15)10-8-13(10)9(5-2)11(14)16-3/h9-10H,4-8H2,1-3H3/t9-,10+,13?/m0/s1. The Hall–Kier alpha value is -1.10. The predicted molar refractivity (Wildman–Crippen MR) is 62.5 cm³/mol. The van der Waals surface area contributed by atoms with Gasteiger partial charge in [-0.1, -0.05) is 20.3 Å². The summed E-state index contributed by atoms with van der Waals surface area (Å²) in [6, 6.07) is -0.570. The third-order valence-corrected chi connectivity index (χ3v) is 2.93. The maximum Gasteiger partial charge on any atom is 0.324 e. The quantitative estimate of drug-likeness (QED) is 0.379. The first-order valence-corrected chi connectivity index (χ1v) is 6.15. The lowest BCUT2D eigenvalue weighted by Gasteiger charge is -2.14. The monoisotopic (exact) mass is 243 g/mol. The zero-order chi connectivity index (χ0) is 12.8. The van der Waals surface area contributed by atoms with Crippen LogP contribution < -0.4 is 0 Å². The summed E-state index contributed by atoms with van der Waals surface area (Å²) >= 11 is 0. The van der Waals surface area contributed by atoms with E-state index in [1.54, 1.807) is 0 Å². The molecule has 1 rings (SSSR count). The van der Waals surface area contributed by atoms with Gasteiger partial charge in [-0.2, -0.15) is 0 Å². The summed E-state index contributed by atoms with van der Waals surface area (Å²) in [4.78, 5) is 24.9. The summed E-state index contributed by atoms with van der Waals surface area (Å²) in [5.74, 6) is -0.503. The van der Waals surface area contributed by atoms with Crippen molar-refractivity contribution in [3.05, 3.63) is 0 Å². The van der Waals surface area contributed by atoms with E-state index in [9.17, 15) is 9.59 Å². The van der Waals surface area contributed by atoms with Crippen molar-refractivity contribution in [1.29, 1.82) is 0 Å². The molecular weight excluding hydrogens is 222 g/mol. The van der Waals surface area contributed by atoms with Gasteiger partial charge in [-0.15, -0.1) is 0 Å². The van der Waals surface area contributed by atoms with Crippen LogP contribution in [0, 0.1) is 0 Å². The molecule has 0 spiro atoms. The minimum atomic E-state index is -0.316. The topological polar surface area (TPSA) is 55.6 Å². The maximum atomic E-state index is 11.6. The Balaban J connectivity index is 2.35. The van der Waals surface area contributed by atoms with Crippen LogP contribution in [0.5, 0.6) is 0 Å². The van der Waals surface area contributed by atoms with Gasteiger partial charge < -0.3 is 9.47 Å². The Morgan fingerprint density at radius 1 is 1.41 bits per heavy atom. The van der Waals surface area contributed by atoms with Crippen LogP contribution in [-0.2, 0) is 19.1 Å². The summed E-state index contributed by atoms with van der Waals surface area (Å²) in [6.07, 6.45) is 2.53. The Bertz CT molecular complexity index is 280. The first-order chi connectivity index (χ1) is 8.15. The number of carbonyl (C=O) groups excluding carboxylic acids is 2. The fourth-order valence-corrected chi connectivity index (χ4v) is 1.79. The molecule has 0 amide bonds. The third-order valence-electron chi connectivity index (χ3n) is 2.93. The molecule has 0 aromatic carbocycles. The highest BCUT2D eigenvalue weighted by Gasteiger charge is 2.48. The van der Waals surface area contributed by atoms with E-state index < -0.39 is 0 Å². The van der Waals surface area contributed by atoms with E-state index in [1.165, 1.54) is 7.11 Å². The highest BCUT2D eigenvalue weighted by atomic mass is 16.5. The van der Waals surface area contributed by atoms with Crippen molar-refractivity contribution in [3.8, 4) is 0 Å². The molecule has 3 atom stereocenters. The van der Waals surface area contributed by atoms with Crippen molar-refractivity contribution in [2.24, 2.45) is 0 Å². The molecule has 0 bridgehead atoms. The number of unbranched alkanes of at least 4 members (excludes halogenated alkanes) is 1. The van der Waals surface area contributed by atoms with Crippen LogP contribution in [0.4, 0.5) is 0 Å². The number of methoxy groups -OCH3 is 1. The molecule has 5 heteroatoms. The molecule has 1 fully saturated rings. The normalized spacial score (nSPS) is 23.9. The van der Waals surface area contributed by atoms with E-state index in [0.29, 0.717) is 19.6 Å². The van der Waals surface area contributed by atoms with Crippen LogP contribution in [-0.4, -0.2) is 49.2 Å². The minimum Gasteiger partial charge on any atom is -0.468 e. The largest absolute Gasteiger partial charge is 0.468 e. The van der Waals surface area contributed by atoms with Crippen LogP contribution in [0.25, 0.3) is 0 Å². The van der Waals surface area contributed by atoms with Gasteiger partial charge in [0.15, 0.2) is 0 Å². The van der Waals surface area contributed by atoms with E-state index in [4.69, 9.17) is 9.47 Å². The van der Waals surface area contributed by atoms with Gasteiger partial charge in [-0.05, 0) is 12.8 Å². The zero-order valence-electron chi connectivity index (χ0n) is 10.8. The number of hydrogen-bond donors (Lipinski definition) is 0. The van der Waals surface area contributed by atoms with Crippen molar-refractivity contribution < 1.29 is 19.1 Å². The summed E-state index contributed by atoms with van der Waals surface area (Å²) in [7, 11) is 1.36. The lowest BCUT2D eigenvalue weighted by atomic mass is 10.2. The fraction of sp³-hybridized carbons (Fsp3) is 0.833. The number of ether oxygens (including phenoxy) is 2. The first kappa shape index (κ1) is 14.0. The average Bonchev–Trinajstić information content (AvgIpc) is 3.10. The van der Waals surface area contributed by atoms with Crippen LogP contribution >= 0.6 is 0 Å². The third kappa shape index (κ3) is 3.70. The van der Waals surface area contributed by atoms with Crippen molar-refractivity contribution >= 4 is 11.9 Å². The van der Waals surface area contributed by atoms with E-state index in [2.05, 4.69) is 0 Å². The van der Waals surface area contributed by atoms with Crippen LogP contribution in [0.1, 0.15) is 33.1 Å². The van der Waals surface area contributed by atoms with Gasteiger partial charge in [-0.25, -0.2) is 0 Å². The van der Waals surface area contributed by atoms with Gasteiger partial charge in [0.1, 0.15) is 12.1 Å². The molecule has 0 aromatic rings. The van der Waals surface area contributed by atoms with Crippen LogP contribution in [0.2, 0.25) is 0 Å². The van der Waals surface area contributed by atoms with Gasteiger partial charge in [0.2, 0.25) is 0 Å². The molecule has 1 heterocycles. The summed E-state index contributed by atoms with van der Waals surface area (Å²) in [5, 5.41) is 0. The molecular formula is C12H21NO4. The van der Waals surface area contributed by atoms with E-state index in [0.717, 1.165) is 12.8 Å². The lowest BCUT2D eigenvalue weighted by molar-refractivity contribution is -0.147. The second-order valence-corrected chi connectivity index (χ2v) is 4.18. The molecule has 0 saturated carbocycles. The number of rotatable bonds is 7. The lowest BCUT2D eigenvalue weighted by Crippen LogP contribution is -2.32. The Morgan fingerprint density at radius 2 is 2.12 bits per heavy atom. The summed E-state index contributed by atoms with van der Waals surface area (Å²) in [5.41, 5.74) is 0. The molecule has 5 nitrogen and oxygen atoms in total. The van der Waals surface area contributed by atoms with E-state index in [1.807, 2.05) is 18.7 Å². The summed E-state index contributed by atoms with van der Waals surface area (Å²) < 4.78 is 9.81. The number of carbonyl (C=O) groups is 2. The van der Waals surface area contributed by atoms with Gasteiger partial charge in [0, 0.05) is 6.54 Å². The summed E-state index contributed by atoms with van der Waals surface area (Å²) in [6.45, 7) is 5.01. The van der Waals surface area contributed by atoms with Gasteiger partial charge in [-0.3, -0.25) is 14.5 Å². The number of nitrogens with zero attached hydrogens (tertiary/aromatic N) is 1. The predicted octanol–water partition coefficient (Wildman–Crippen LogP) is 0.966. The van der Waals surface area contributed by atoms with E-state index in [-0.39, 0.29) is 24.0 Å². The van der Waals surface area contributed by atoms with Crippen molar-refractivity contribution in [2.45, 2.75) is 45.2 Å². The highest BCUT2D eigenvalue weighted by Crippen LogP contribution is 2.25. The maximum absolute atomic E-state index is 11.6. The molecule has 98 valence electrons. The van der Waals surface area contributed by atoms with Crippen molar-refractivity contribution in [3.63, 3.8) is 0 Å².